The Labute approximate surface area is 76.0 Å². The van der Waals surface area contributed by atoms with E-state index < -0.39 is 0 Å². The van der Waals surface area contributed by atoms with E-state index in [9.17, 15) is 4.79 Å². The van der Waals surface area contributed by atoms with Gasteiger partial charge >= 0.3 is 6.03 Å². The summed E-state index contributed by atoms with van der Waals surface area (Å²) in [5, 5.41) is 0. The Morgan fingerprint density at radius 3 is 2.92 bits per heavy atom. The molecule has 0 fully saturated rings. The second-order valence-electron chi connectivity index (χ2n) is 3.12. The van der Waals surface area contributed by atoms with Crippen molar-refractivity contribution in [2.45, 2.75) is 25.7 Å². The van der Waals surface area contributed by atoms with Crippen LogP contribution in [-0.2, 0) is 0 Å². The first-order chi connectivity index (χ1) is 5.79. The van der Waals surface area contributed by atoms with Gasteiger partial charge < -0.3 is 5.73 Å². The third kappa shape index (κ3) is 1.20. The first kappa shape index (κ1) is 7.98. The smallest absolute Gasteiger partial charge is 0.319 e. The molecule has 2 amide bonds. The Morgan fingerprint density at radius 2 is 2.17 bits per heavy atom. The van der Waals surface area contributed by atoms with Crippen molar-refractivity contribution in [2.75, 3.05) is 5.88 Å². The highest BCUT2D eigenvalue weighted by Crippen LogP contribution is 2.40. The number of allylic oxidation sites excluding steroid dienone is 2. The van der Waals surface area contributed by atoms with E-state index in [1.54, 1.807) is 16.7 Å². The number of carbonyl (C=O) groups excluding carboxylic acids is 1. The van der Waals surface area contributed by atoms with Gasteiger partial charge in [-0.3, -0.25) is 4.90 Å². The molecule has 0 aromatic carbocycles. The fraction of sp³-hybridized carbons (Fsp3) is 0.625. The zero-order valence-electron chi connectivity index (χ0n) is 6.88. The Hall–Kier alpha value is -0.640. The molecule has 4 heteroatoms. The summed E-state index contributed by atoms with van der Waals surface area (Å²) in [5.41, 5.74) is 6.44. The number of urea groups is 1. The van der Waals surface area contributed by atoms with Gasteiger partial charge in [0.1, 0.15) is 0 Å². The molecule has 0 radical (unpaired) electrons. The fourth-order valence-electron chi connectivity index (χ4n) is 1.72. The third-order valence-electron chi connectivity index (χ3n) is 2.35. The number of nitrogens with zero attached hydrogens (tertiary/aromatic N) is 1. The number of carbonyl (C=O) groups is 1. The normalized spacial score (nSPS) is 22.8. The SMILES string of the molecule is NC(=O)N1CSC2=C1CCCC2. The molecular weight excluding hydrogens is 172 g/mol. The van der Waals surface area contributed by atoms with Crippen LogP contribution < -0.4 is 5.73 Å². The first-order valence-corrected chi connectivity index (χ1v) is 5.19. The zero-order chi connectivity index (χ0) is 8.55. The van der Waals surface area contributed by atoms with E-state index >= 15 is 0 Å². The maximum absolute atomic E-state index is 11.0. The molecule has 1 aliphatic carbocycles. The molecule has 0 atom stereocenters. The molecule has 0 aromatic rings. The monoisotopic (exact) mass is 184 g/mol. The molecule has 0 bridgehead atoms. The molecule has 2 N–H and O–H groups in total. The average molecular weight is 184 g/mol. The van der Waals surface area contributed by atoms with Crippen LogP contribution in [0.2, 0.25) is 0 Å². The lowest BCUT2D eigenvalue weighted by molar-refractivity contribution is 0.225. The molecule has 0 saturated heterocycles. The molecule has 0 aromatic heterocycles. The molecule has 12 heavy (non-hydrogen) atoms. The molecule has 1 aliphatic heterocycles. The number of hydrogen-bond donors (Lipinski definition) is 1. The molecule has 1 heterocycles. The van der Waals surface area contributed by atoms with Crippen molar-refractivity contribution in [2.24, 2.45) is 5.73 Å². The van der Waals surface area contributed by atoms with Gasteiger partial charge in [0, 0.05) is 10.6 Å². The first-order valence-electron chi connectivity index (χ1n) is 4.21. The highest BCUT2D eigenvalue weighted by Gasteiger charge is 2.27. The zero-order valence-corrected chi connectivity index (χ0v) is 7.69. The lowest BCUT2D eigenvalue weighted by Gasteiger charge is -2.19. The van der Waals surface area contributed by atoms with E-state index in [4.69, 9.17) is 5.73 Å². The van der Waals surface area contributed by atoms with E-state index in [2.05, 4.69) is 0 Å². The van der Waals surface area contributed by atoms with Crippen LogP contribution in [0.25, 0.3) is 0 Å². The van der Waals surface area contributed by atoms with E-state index in [1.807, 2.05) is 0 Å². The molecule has 2 rings (SSSR count). The fourth-order valence-corrected chi connectivity index (χ4v) is 2.96. The third-order valence-corrected chi connectivity index (χ3v) is 3.52. The van der Waals surface area contributed by atoms with Gasteiger partial charge in [-0.2, -0.15) is 0 Å². The van der Waals surface area contributed by atoms with Crippen LogP contribution in [-0.4, -0.2) is 16.8 Å². The van der Waals surface area contributed by atoms with Crippen LogP contribution in [0.1, 0.15) is 25.7 Å². The molecule has 0 saturated carbocycles. The van der Waals surface area contributed by atoms with Crippen molar-refractivity contribution in [1.82, 2.24) is 4.90 Å². The standard InChI is InChI=1S/C8H12N2OS/c9-8(11)10-5-12-7-4-2-1-3-6(7)10/h1-5H2,(H2,9,11). The average Bonchev–Trinajstić information content (AvgIpc) is 2.47. The number of thioether (sulfide) groups is 1. The van der Waals surface area contributed by atoms with Gasteiger partial charge in [0.05, 0.1) is 5.88 Å². The van der Waals surface area contributed by atoms with Crippen LogP contribution in [0.5, 0.6) is 0 Å². The largest absolute Gasteiger partial charge is 0.351 e. The number of hydrogen-bond acceptors (Lipinski definition) is 2. The van der Waals surface area contributed by atoms with Crippen LogP contribution in [0.4, 0.5) is 4.79 Å². The van der Waals surface area contributed by atoms with Crippen molar-refractivity contribution < 1.29 is 4.79 Å². The van der Waals surface area contributed by atoms with Gasteiger partial charge in [0.15, 0.2) is 0 Å². The predicted molar refractivity (Wildman–Crippen MR) is 49.4 cm³/mol. The Morgan fingerprint density at radius 1 is 1.42 bits per heavy atom. The van der Waals surface area contributed by atoms with E-state index in [0.29, 0.717) is 0 Å². The Bertz CT molecular complexity index is 249. The van der Waals surface area contributed by atoms with Gasteiger partial charge in [0.25, 0.3) is 0 Å². The Balaban J connectivity index is 2.21. The molecule has 66 valence electrons. The van der Waals surface area contributed by atoms with Crippen LogP contribution >= 0.6 is 11.8 Å². The Kier molecular flexibility index (Phi) is 2.00. The topological polar surface area (TPSA) is 46.3 Å². The van der Waals surface area contributed by atoms with Gasteiger partial charge in [-0.05, 0) is 25.7 Å². The van der Waals surface area contributed by atoms with Crippen LogP contribution in [0.3, 0.4) is 0 Å². The van der Waals surface area contributed by atoms with E-state index in [0.717, 1.165) is 18.7 Å². The summed E-state index contributed by atoms with van der Waals surface area (Å²) in [6.07, 6.45) is 4.64. The number of primary amides is 1. The van der Waals surface area contributed by atoms with Crippen molar-refractivity contribution >= 4 is 17.8 Å². The van der Waals surface area contributed by atoms with Crippen molar-refractivity contribution in [3.63, 3.8) is 0 Å². The summed E-state index contributed by atoms with van der Waals surface area (Å²) < 4.78 is 0. The molecule has 0 spiro atoms. The predicted octanol–water partition coefficient (Wildman–Crippen LogP) is 1.86. The van der Waals surface area contributed by atoms with Crippen molar-refractivity contribution in [3.8, 4) is 0 Å². The summed E-state index contributed by atoms with van der Waals surface area (Å²) in [5.74, 6) is 0.736. The summed E-state index contributed by atoms with van der Waals surface area (Å²) >= 11 is 1.77. The summed E-state index contributed by atoms with van der Waals surface area (Å²) in [6, 6.07) is -0.297. The summed E-state index contributed by atoms with van der Waals surface area (Å²) in [7, 11) is 0. The summed E-state index contributed by atoms with van der Waals surface area (Å²) in [6.45, 7) is 0. The van der Waals surface area contributed by atoms with E-state index in [1.165, 1.54) is 23.4 Å². The van der Waals surface area contributed by atoms with Crippen LogP contribution in [0.15, 0.2) is 10.6 Å². The van der Waals surface area contributed by atoms with Gasteiger partial charge in [-0.15, -0.1) is 11.8 Å². The lowest BCUT2D eigenvalue weighted by atomic mass is 10.0. The quantitative estimate of drug-likeness (QED) is 0.624. The van der Waals surface area contributed by atoms with Crippen molar-refractivity contribution in [3.05, 3.63) is 10.6 Å². The summed E-state index contributed by atoms with van der Waals surface area (Å²) in [4.78, 5) is 14.1. The van der Waals surface area contributed by atoms with Crippen LogP contribution in [0, 0.1) is 0 Å². The van der Waals surface area contributed by atoms with Gasteiger partial charge in [-0.25, -0.2) is 4.79 Å². The minimum Gasteiger partial charge on any atom is -0.351 e. The number of nitrogens with two attached hydrogens (primary N) is 1. The number of amides is 2. The molecule has 2 aliphatic rings. The highest BCUT2D eigenvalue weighted by atomic mass is 32.2. The minimum absolute atomic E-state index is 0.297. The maximum Gasteiger partial charge on any atom is 0.319 e. The molecule has 3 nitrogen and oxygen atoms in total. The van der Waals surface area contributed by atoms with Crippen molar-refractivity contribution in [1.29, 1.82) is 0 Å². The van der Waals surface area contributed by atoms with Gasteiger partial charge in [0.2, 0.25) is 0 Å². The van der Waals surface area contributed by atoms with E-state index in [-0.39, 0.29) is 6.03 Å². The second-order valence-corrected chi connectivity index (χ2v) is 4.16. The van der Waals surface area contributed by atoms with Gasteiger partial charge in [-0.1, -0.05) is 0 Å². The molecular formula is C8H12N2OS. The number of rotatable bonds is 0. The lowest BCUT2D eigenvalue weighted by Crippen LogP contribution is -2.32. The highest BCUT2D eigenvalue weighted by molar-refractivity contribution is 8.03. The maximum atomic E-state index is 11.0. The molecule has 0 unspecified atom stereocenters. The minimum atomic E-state index is -0.297. The second kappa shape index (κ2) is 3.01.